The molecule has 0 aliphatic heterocycles. The van der Waals surface area contributed by atoms with E-state index in [1.165, 1.54) is 6.42 Å². The van der Waals surface area contributed by atoms with Crippen LogP contribution in [0.5, 0.6) is 0 Å². The van der Waals surface area contributed by atoms with Crippen molar-refractivity contribution in [3.05, 3.63) is 11.9 Å². The topological polar surface area (TPSA) is 76.4 Å². The summed E-state index contributed by atoms with van der Waals surface area (Å²) in [4.78, 5) is 0. The molecule has 4 nitrogen and oxygen atoms in total. The van der Waals surface area contributed by atoms with Crippen LogP contribution in [0, 0.1) is 0 Å². The maximum Gasteiger partial charge on any atom is 0.114 e. The summed E-state index contributed by atoms with van der Waals surface area (Å²) in [6.07, 6.45) is 5.05. The summed E-state index contributed by atoms with van der Waals surface area (Å²) in [5.74, 6) is 0.512. The van der Waals surface area contributed by atoms with Crippen molar-refractivity contribution in [2.45, 2.75) is 33.1 Å². The van der Waals surface area contributed by atoms with Crippen molar-refractivity contribution in [2.75, 3.05) is 6.54 Å². The highest BCUT2D eigenvalue weighted by atomic mass is 15.3. The fourth-order valence-electron chi connectivity index (χ4n) is 0.821. The second-order valence-corrected chi connectivity index (χ2v) is 2.96. The SMILES string of the molecule is CCCC/C(C)=N/N/C(N)=C/CN. The van der Waals surface area contributed by atoms with Crippen LogP contribution in [0.25, 0.3) is 0 Å². The van der Waals surface area contributed by atoms with Crippen molar-refractivity contribution in [1.82, 2.24) is 5.43 Å². The minimum Gasteiger partial charge on any atom is -0.384 e. The van der Waals surface area contributed by atoms with Gasteiger partial charge in [0.2, 0.25) is 0 Å². The van der Waals surface area contributed by atoms with Gasteiger partial charge in [-0.05, 0) is 25.8 Å². The Hall–Kier alpha value is -1.03. The quantitative estimate of drug-likeness (QED) is 0.424. The van der Waals surface area contributed by atoms with E-state index >= 15 is 0 Å². The van der Waals surface area contributed by atoms with Gasteiger partial charge in [-0.25, -0.2) is 0 Å². The maximum atomic E-state index is 5.52. The molecule has 0 bridgehead atoms. The van der Waals surface area contributed by atoms with Crippen LogP contribution in [-0.2, 0) is 0 Å². The maximum absolute atomic E-state index is 5.52. The lowest BCUT2D eigenvalue weighted by Gasteiger charge is -2.02. The first kappa shape index (κ1) is 12.0. The van der Waals surface area contributed by atoms with Crippen molar-refractivity contribution >= 4 is 5.71 Å². The van der Waals surface area contributed by atoms with Gasteiger partial charge in [0.05, 0.1) is 0 Å². The Bertz CT molecular complexity index is 184. The molecule has 0 aromatic carbocycles. The number of hydrazone groups is 1. The van der Waals surface area contributed by atoms with Crippen molar-refractivity contribution in [1.29, 1.82) is 0 Å². The Kier molecular flexibility index (Phi) is 7.01. The zero-order chi connectivity index (χ0) is 10.1. The summed E-state index contributed by atoms with van der Waals surface area (Å²) >= 11 is 0. The molecule has 4 heteroatoms. The zero-order valence-electron chi connectivity index (χ0n) is 8.51. The first-order valence-electron chi connectivity index (χ1n) is 4.65. The molecule has 0 saturated carbocycles. The number of nitrogens with zero attached hydrogens (tertiary/aromatic N) is 1. The largest absolute Gasteiger partial charge is 0.384 e. The fraction of sp³-hybridized carbons (Fsp3) is 0.667. The molecule has 0 spiro atoms. The highest BCUT2D eigenvalue weighted by Crippen LogP contribution is 1.95. The second kappa shape index (κ2) is 7.61. The predicted octanol–water partition coefficient (Wildman–Crippen LogP) is 0.901. The molecule has 0 atom stereocenters. The Balaban J connectivity index is 3.75. The highest BCUT2D eigenvalue weighted by molar-refractivity contribution is 5.81. The molecule has 0 unspecified atom stereocenters. The van der Waals surface area contributed by atoms with Gasteiger partial charge in [0.1, 0.15) is 5.82 Å². The lowest BCUT2D eigenvalue weighted by Crippen LogP contribution is -2.17. The predicted molar refractivity (Wildman–Crippen MR) is 57.1 cm³/mol. The zero-order valence-corrected chi connectivity index (χ0v) is 8.51. The van der Waals surface area contributed by atoms with E-state index in [-0.39, 0.29) is 0 Å². The van der Waals surface area contributed by atoms with Crippen LogP contribution >= 0.6 is 0 Å². The number of unbranched alkanes of at least 4 members (excludes halogenated alkanes) is 1. The molecule has 5 N–H and O–H groups in total. The van der Waals surface area contributed by atoms with Crippen LogP contribution in [0.1, 0.15) is 33.1 Å². The summed E-state index contributed by atoms with van der Waals surface area (Å²) in [6, 6.07) is 0. The molecule has 0 fully saturated rings. The summed E-state index contributed by atoms with van der Waals surface area (Å²) in [5, 5.41) is 4.10. The number of nitrogens with two attached hydrogens (primary N) is 2. The van der Waals surface area contributed by atoms with Crippen molar-refractivity contribution in [3.63, 3.8) is 0 Å². The summed E-state index contributed by atoms with van der Waals surface area (Å²) < 4.78 is 0. The van der Waals surface area contributed by atoms with Crippen LogP contribution < -0.4 is 16.9 Å². The molecule has 0 aliphatic carbocycles. The minimum absolute atomic E-state index is 0.433. The van der Waals surface area contributed by atoms with Crippen molar-refractivity contribution in [3.8, 4) is 0 Å². The third kappa shape index (κ3) is 7.33. The van der Waals surface area contributed by atoms with E-state index in [4.69, 9.17) is 11.5 Å². The second-order valence-electron chi connectivity index (χ2n) is 2.96. The molecular weight excluding hydrogens is 164 g/mol. The molecular formula is C9H20N4. The van der Waals surface area contributed by atoms with Gasteiger partial charge in [-0.1, -0.05) is 13.3 Å². The lowest BCUT2D eigenvalue weighted by atomic mass is 10.2. The van der Waals surface area contributed by atoms with Gasteiger partial charge in [0.25, 0.3) is 0 Å². The smallest absolute Gasteiger partial charge is 0.114 e. The molecule has 0 aliphatic rings. The third-order valence-electron chi connectivity index (χ3n) is 1.61. The summed E-state index contributed by atoms with van der Waals surface area (Å²) in [7, 11) is 0. The standard InChI is InChI=1S/C9H20N4/c1-3-4-5-8(2)12-13-9(11)6-7-10/h6,13H,3-5,7,10-11H2,1-2H3/b9-6+,12-8+. The molecule has 0 rings (SSSR count). The van der Waals surface area contributed by atoms with E-state index in [9.17, 15) is 0 Å². The molecule has 0 saturated heterocycles. The van der Waals surface area contributed by atoms with Gasteiger partial charge in [-0.15, -0.1) is 0 Å². The van der Waals surface area contributed by atoms with Gasteiger partial charge in [0, 0.05) is 12.3 Å². The molecule has 0 aromatic heterocycles. The number of hydrogen-bond acceptors (Lipinski definition) is 4. The van der Waals surface area contributed by atoms with Gasteiger partial charge in [-0.2, -0.15) is 5.10 Å². The van der Waals surface area contributed by atoms with E-state index in [0.29, 0.717) is 12.4 Å². The van der Waals surface area contributed by atoms with Crippen molar-refractivity contribution < 1.29 is 0 Å². The van der Waals surface area contributed by atoms with Crippen LogP contribution in [0.2, 0.25) is 0 Å². The monoisotopic (exact) mass is 184 g/mol. The van der Waals surface area contributed by atoms with Crippen molar-refractivity contribution in [2.24, 2.45) is 16.6 Å². The van der Waals surface area contributed by atoms with Gasteiger partial charge in [-0.3, -0.25) is 5.43 Å². The molecule has 0 radical (unpaired) electrons. The number of nitrogens with one attached hydrogen (secondary N) is 1. The fourth-order valence-corrected chi connectivity index (χ4v) is 0.821. The van der Waals surface area contributed by atoms with Crippen LogP contribution in [0.15, 0.2) is 17.0 Å². The average Bonchev–Trinajstić information content (AvgIpc) is 2.12. The van der Waals surface area contributed by atoms with E-state index in [1.54, 1.807) is 6.08 Å². The highest BCUT2D eigenvalue weighted by Gasteiger charge is 1.90. The Labute approximate surface area is 80.1 Å². The summed E-state index contributed by atoms with van der Waals surface area (Å²) in [5.41, 5.74) is 14.6. The van der Waals surface area contributed by atoms with Crippen LogP contribution in [0.4, 0.5) is 0 Å². The van der Waals surface area contributed by atoms with Crippen LogP contribution in [-0.4, -0.2) is 12.3 Å². The Morgan fingerprint density at radius 3 is 2.77 bits per heavy atom. The number of hydrogen-bond donors (Lipinski definition) is 3. The van der Waals surface area contributed by atoms with Gasteiger partial charge >= 0.3 is 0 Å². The molecule has 0 amide bonds. The summed E-state index contributed by atoms with van der Waals surface area (Å²) in [6.45, 7) is 4.57. The normalized spacial score (nSPS) is 13.2. The van der Waals surface area contributed by atoms with E-state index in [0.717, 1.165) is 18.6 Å². The minimum atomic E-state index is 0.433. The number of rotatable bonds is 6. The van der Waals surface area contributed by atoms with E-state index < -0.39 is 0 Å². The molecule has 13 heavy (non-hydrogen) atoms. The molecule has 0 heterocycles. The van der Waals surface area contributed by atoms with Gasteiger partial charge in [0.15, 0.2) is 0 Å². The third-order valence-corrected chi connectivity index (χ3v) is 1.61. The first-order chi connectivity index (χ1) is 6.20. The van der Waals surface area contributed by atoms with E-state index in [2.05, 4.69) is 17.5 Å². The molecule has 76 valence electrons. The Morgan fingerprint density at radius 2 is 2.23 bits per heavy atom. The van der Waals surface area contributed by atoms with E-state index in [1.807, 2.05) is 6.92 Å². The molecule has 0 aromatic rings. The lowest BCUT2D eigenvalue weighted by molar-refractivity contribution is 0.806. The first-order valence-corrected chi connectivity index (χ1v) is 4.65. The Morgan fingerprint density at radius 1 is 1.54 bits per heavy atom. The van der Waals surface area contributed by atoms with Crippen LogP contribution in [0.3, 0.4) is 0 Å². The average molecular weight is 184 g/mol. The van der Waals surface area contributed by atoms with Gasteiger partial charge < -0.3 is 11.5 Å².